The fourth-order valence-corrected chi connectivity index (χ4v) is 1.51. The third-order valence-electron chi connectivity index (χ3n) is 2.23. The van der Waals surface area contributed by atoms with Gasteiger partial charge in [-0.05, 0) is 24.2 Å². The molecule has 1 amide bonds. The largest absolute Gasteiger partial charge is 1.00 e. The Morgan fingerprint density at radius 2 is 1.62 bits per heavy atom. The van der Waals surface area contributed by atoms with Gasteiger partial charge in [-0.1, -0.05) is 43.4 Å². The third-order valence-corrected chi connectivity index (χ3v) is 2.23. The second kappa shape index (κ2) is 14.6. The topological polar surface area (TPSA) is 64.7 Å². The molecule has 0 aromatic heterocycles. The Bertz CT molecular complexity index is 162. The molecule has 0 aliphatic carbocycles. The summed E-state index contributed by atoms with van der Waals surface area (Å²) in [5, 5.41) is 0. The van der Waals surface area contributed by atoms with Gasteiger partial charge in [-0.25, -0.2) is 0 Å². The first-order valence-electron chi connectivity index (χ1n) is 5.46. The zero-order chi connectivity index (χ0) is 12.4. The van der Waals surface area contributed by atoms with Crippen molar-refractivity contribution in [2.24, 2.45) is 17.8 Å². The van der Waals surface area contributed by atoms with Crippen molar-refractivity contribution < 1.29 is 56.2 Å². The zero-order valence-corrected chi connectivity index (χ0v) is 15.6. The Balaban J connectivity index is -0.000000292. The van der Waals surface area contributed by atoms with Gasteiger partial charge < -0.3 is 16.3 Å². The van der Waals surface area contributed by atoms with Crippen LogP contribution < -0.4 is 51.4 Å². The molecule has 92 valence electrons. The van der Waals surface area contributed by atoms with Gasteiger partial charge in [0.05, 0.1) is 5.65 Å². The first-order valence-corrected chi connectivity index (χ1v) is 6.04. The van der Waals surface area contributed by atoms with Crippen LogP contribution in [0.3, 0.4) is 0 Å². The van der Waals surface area contributed by atoms with Crippen molar-refractivity contribution in [3.8, 4) is 0 Å². The Kier molecular flexibility index (Phi) is 20.6. The molecular weight excluding hydrogens is 246 g/mol. The second-order valence-electron chi connectivity index (χ2n) is 4.54. The van der Waals surface area contributed by atoms with Gasteiger partial charge in [-0.2, -0.15) is 6.54 Å². The zero-order valence-electron chi connectivity index (χ0n) is 11.3. The molecule has 0 saturated carbocycles. The first kappa shape index (κ1) is 22.7. The van der Waals surface area contributed by atoms with Crippen molar-refractivity contribution in [2.45, 2.75) is 40.5 Å². The predicted octanol–water partition coefficient (Wildman–Crippen LogP) is 1.78. The molecule has 0 radical (unpaired) electrons. The summed E-state index contributed by atoms with van der Waals surface area (Å²) in [5.41, 5.74) is 12.4. The van der Waals surface area contributed by atoms with E-state index < -0.39 is 5.65 Å². The molecule has 0 aliphatic rings. The van der Waals surface area contributed by atoms with Crippen LogP contribution in [0.5, 0.6) is 0 Å². The van der Waals surface area contributed by atoms with Gasteiger partial charge in [-0.15, -0.1) is 0 Å². The predicted molar refractivity (Wildman–Crippen MR) is 71.0 cm³/mol. The molecule has 0 bridgehead atoms. The van der Waals surface area contributed by atoms with E-state index >= 15 is 0 Å². The van der Waals surface area contributed by atoms with Gasteiger partial charge in [0.2, 0.25) is 0 Å². The van der Waals surface area contributed by atoms with E-state index in [0.29, 0.717) is 6.54 Å². The molecule has 16 heavy (non-hydrogen) atoms. The maximum atomic E-state index is 9.07. The smallest absolute Gasteiger partial charge is 0.677 e. The normalized spacial score (nSPS) is 11.5. The van der Waals surface area contributed by atoms with Gasteiger partial charge in [0, 0.05) is 0 Å². The molecule has 0 aromatic carbocycles. The fraction of sp³-hybridized carbons (Fsp3) is 0.909. The van der Waals surface area contributed by atoms with E-state index in [9.17, 15) is 0 Å². The SMILES string of the molecule is CC(C)CC(CC[NH-])C(C)C.[K+].[NH-]C(=O)P. The van der Waals surface area contributed by atoms with Crippen molar-refractivity contribution in [1.29, 1.82) is 0 Å². The molecule has 2 atom stereocenters. The number of carbonyl (C=O) groups excluding carboxylic acids is 1. The number of hydrogen-bond acceptors (Lipinski definition) is 1. The van der Waals surface area contributed by atoms with E-state index in [1.54, 1.807) is 9.24 Å². The molecule has 0 rings (SSSR count). The van der Waals surface area contributed by atoms with E-state index in [-0.39, 0.29) is 51.4 Å². The van der Waals surface area contributed by atoms with E-state index in [1.807, 2.05) is 0 Å². The van der Waals surface area contributed by atoms with Crippen LogP contribution >= 0.6 is 9.24 Å². The third kappa shape index (κ3) is 20.9. The molecule has 0 saturated heterocycles. The summed E-state index contributed by atoms with van der Waals surface area (Å²) < 4.78 is 0. The van der Waals surface area contributed by atoms with Crippen molar-refractivity contribution >= 4 is 14.9 Å². The maximum Gasteiger partial charge on any atom is 1.00 e. The van der Waals surface area contributed by atoms with Gasteiger partial charge in [0.25, 0.3) is 0 Å². The summed E-state index contributed by atoms with van der Waals surface area (Å²) in [5.74, 6) is 2.31. The number of nitrogens with one attached hydrogen (secondary N) is 2. The van der Waals surface area contributed by atoms with Crippen molar-refractivity contribution in [3.63, 3.8) is 0 Å². The summed E-state index contributed by atoms with van der Waals surface area (Å²) in [6.45, 7) is 9.65. The fourth-order valence-electron chi connectivity index (χ4n) is 1.51. The van der Waals surface area contributed by atoms with Crippen molar-refractivity contribution in [3.05, 3.63) is 11.5 Å². The van der Waals surface area contributed by atoms with E-state index in [4.69, 9.17) is 16.3 Å². The van der Waals surface area contributed by atoms with Crippen LogP contribution in [0.25, 0.3) is 11.5 Å². The summed E-state index contributed by atoms with van der Waals surface area (Å²) >= 11 is 0. The Morgan fingerprint density at radius 1 is 1.25 bits per heavy atom. The molecule has 5 heteroatoms. The van der Waals surface area contributed by atoms with Gasteiger partial charge in [0.1, 0.15) is 0 Å². The molecule has 2 N–H and O–H groups in total. The van der Waals surface area contributed by atoms with Crippen molar-refractivity contribution in [1.82, 2.24) is 0 Å². The van der Waals surface area contributed by atoms with Crippen LogP contribution in [-0.4, -0.2) is 12.2 Å². The summed E-state index contributed by atoms with van der Waals surface area (Å²) in [6.07, 6.45) is 2.37. The van der Waals surface area contributed by atoms with Gasteiger partial charge >= 0.3 is 51.4 Å². The molecule has 0 heterocycles. The Labute approximate surface area is 145 Å². The van der Waals surface area contributed by atoms with Gasteiger partial charge in [-0.3, -0.25) is 0 Å². The van der Waals surface area contributed by atoms with Gasteiger partial charge in [0.15, 0.2) is 0 Å². The Hall–Kier alpha value is 1.50. The number of rotatable bonds is 5. The summed E-state index contributed by atoms with van der Waals surface area (Å²) in [7, 11) is 1.69. The average Bonchev–Trinajstić information content (AvgIpc) is 2.01. The maximum absolute atomic E-state index is 9.07. The molecule has 0 fully saturated rings. The van der Waals surface area contributed by atoms with Crippen LogP contribution in [-0.2, 0) is 0 Å². The number of hydrogen-bond donors (Lipinski definition) is 0. The molecule has 2 unspecified atom stereocenters. The average molecular weight is 271 g/mol. The van der Waals surface area contributed by atoms with Crippen LogP contribution in [0.15, 0.2) is 0 Å². The molecule has 0 aliphatic heterocycles. The summed E-state index contributed by atoms with van der Waals surface area (Å²) in [4.78, 5) is 9.07. The van der Waals surface area contributed by atoms with Crippen LogP contribution in [0.2, 0.25) is 0 Å². The van der Waals surface area contributed by atoms with E-state index in [1.165, 1.54) is 6.42 Å². The Morgan fingerprint density at radius 3 is 1.81 bits per heavy atom. The number of carbonyl (C=O) groups is 1. The summed E-state index contributed by atoms with van der Waals surface area (Å²) in [6, 6.07) is 0. The molecule has 3 nitrogen and oxygen atoms in total. The van der Waals surface area contributed by atoms with Crippen molar-refractivity contribution in [2.75, 3.05) is 6.54 Å². The van der Waals surface area contributed by atoms with E-state index in [0.717, 1.165) is 24.2 Å². The minimum atomic E-state index is -0.667. The van der Waals surface area contributed by atoms with Crippen LogP contribution in [0.4, 0.5) is 4.79 Å². The second-order valence-corrected chi connectivity index (χ2v) is 5.06. The molecule has 0 aromatic rings. The molecule has 0 spiro atoms. The minimum Gasteiger partial charge on any atom is -0.677 e. The van der Waals surface area contributed by atoms with Crippen LogP contribution in [0, 0.1) is 17.8 Å². The number of amides is 1. The van der Waals surface area contributed by atoms with E-state index in [2.05, 4.69) is 27.7 Å². The van der Waals surface area contributed by atoms with Crippen LogP contribution in [0.1, 0.15) is 40.5 Å². The first-order chi connectivity index (χ1) is 6.81. The monoisotopic (exact) mass is 271 g/mol. The minimum absolute atomic E-state index is 0. The standard InChI is InChI=1S/C10H22N.CH4NOP.K/c1-8(2)7-10(5-6-11)9(3)4;2-1(3)4;/h8-11H,5-7H2,1-4H3;4H2,(H2,2,3);/q-1;;+1/p-1. The quantitative estimate of drug-likeness (QED) is 0.555. The molecular formula is C11H25KN2OP-.